The molecule has 17 heavy (non-hydrogen) atoms. The van der Waals surface area contributed by atoms with Gasteiger partial charge in [0.1, 0.15) is 0 Å². The van der Waals surface area contributed by atoms with Crippen LogP contribution in [-0.4, -0.2) is 13.7 Å². The molecule has 0 aliphatic heterocycles. The molecule has 1 nitrogen and oxygen atoms in total. The van der Waals surface area contributed by atoms with E-state index in [1.165, 1.54) is 16.7 Å². The van der Waals surface area contributed by atoms with Gasteiger partial charge in [-0.1, -0.05) is 47.6 Å². The van der Waals surface area contributed by atoms with Crippen LogP contribution in [-0.2, 0) is 4.74 Å². The summed E-state index contributed by atoms with van der Waals surface area (Å²) in [7, 11) is 1.73. The van der Waals surface area contributed by atoms with Crippen molar-refractivity contribution in [3.63, 3.8) is 0 Å². The van der Waals surface area contributed by atoms with E-state index in [4.69, 9.17) is 4.74 Å². The summed E-state index contributed by atoms with van der Waals surface area (Å²) in [5.41, 5.74) is 3.99. The molecule has 0 aromatic heterocycles. The van der Waals surface area contributed by atoms with Gasteiger partial charge in [-0.3, -0.25) is 0 Å². The molecule has 0 bridgehead atoms. The molecule has 0 heterocycles. The predicted octanol–water partition coefficient (Wildman–Crippen LogP) is 4.83. The van der Waals surface area contributed by atoms with Gasteiger partial charge in [0.25, 0.3) is 0 Å². The molecule has 0 unspecified atom stereocenters. The second-order valence-electron chi connectivity index (χ2n) is 4.46. The summed E-state index contributed by atoms with van der Waals surface area (Å²) in [6.07, 6.45) is 11.9. The summed E-state index contributed by atoms with van der Waals surface area (Å²) in [6.45, 7) is 10.9. The van der Waals surface area contributed by atoms with Crippen molar-refractivity contribution in [1.82, 2.24) is 0 Å². The second kappa shape index (κ2) is 10.1. The largest absolute Gasteiger partial charge is 0.380 e. The molecular weight excluding hydrogens is 208 g/mol. The van der Waals surface area contributed by atoms with E-state index in [2.05, 4.69) is 45.6 Å². The third-order valence-corrected chi connectivity index (χ3v) is 2.63. The maximum Gasteiger partial charge on any atom is 0.0670 e. The predicted molar refractivity (Wildman–Crippen MR) is 77.2 cm³/mol. The van der Waals surface area contributed by atoms with Crippen LogP contribution >= 0.6 is 0 Å². The van der Waals surface area contributed by atoms with E-state index in [0.29, 0.717) is 0 Å². The summed E-state index contributed by atoms with van der Waals surface area (Å²) in [5.74, 6) is 0. The highest BCUT2D eigenvalue weighted by Gasteiger charge is 1.90. The zero-order chi connectivity index (χ0) is 13.1. The highest BCUT2D eigenvalue weighted by molar-refractivity contribution is 5.15. The Bertz CT molecular complexity index is 305. The topological polar surface area (TPSA) is 9.23 Å². The first kappa shape index (κ1) is 15.9. The molecular formula is C16H26O. The van der Waals surface area contributed by atoms with Crippen molar-refractivity contribution >= 4 is 0 Å². The smallest absolute Gasteiger partial charge is 0.0670 e. The number of ether oxygens (including phenoxy) is 1. The van der Waals surface area contributed by atoms with E-state index in [1.54, 1.807) is 7.11 Å². The summed E-state index contributed by atoms with van der Waals surface area (Å²) in [5, 5.41) is 0. The first-order valence-corrected chi connectivity index (χ1v) is 6.19. The quantitative estimate of drug-likeness (QED) is 0.432. The van der Waals surface area contributed by atoms with Crippen molar-refractivity contribution in [2.75, 3.05) is 13.7 Å². The minimum Gasteiger partial charge on any atom is -0.380 e. The van der Waals surface area contributed by atoms with Gasteiger partial charge >= 0.3 is 0 Å². The Morgan fingerprint density at radius 1 is 1.06 bits per heavy atom. The molecule has 1 heteroatoms. The molecule has 0 saturated carbocycles. The highest BCUT2D eigenvalue weighted by atomic mass is 16.5. The maximum absolute atomic E-state index is 5.06. The number of methoxy groups -OCH3 is 1. The SMILES string of the molecule is C=CC(C)=CCC=C(C)CCC=C(C)COC. The van der Waals surface area contributed by atoms with Crippen molar-refractivity contribution in [1.29, 1.82) is 0 Å². The monoisotopic (exact) mass is 234 g/mol. The minimum atomic E-state index is 0.740. The number of hydrogen-bond acceptors (Lipinski definition) is 1. The first-order valence-electron chi connectivity index (χ1n) is 6.19. The Hall–Kier alpha value is -1.08. The molecule has 0 aliphatic carbocycles. The Balaban J connectivity index is 3.93. The van der Waals surface area contributed by atoms with Gasteiger partial charge in [0.05, 0.1) is 6.61 Å². The van der Waals surface area contributed by atoms with Crippen molar-refractivity contribution in [3.05, 3.63) is 47.6 Å². The van der Waals surface area contributed by atoms with Gasteiger partial charge in [-0.05, 0) is 40.0 Å². The van der Waals surface area contributed by atoms with Crippen molar-refractivity contribution in [2.24, 2.45) is 0 Å². The first-order chi connectivity index (χ1) is 8.10. The second-order valence-corrected chi connectivity index (χ2v) is 4.46. The van der Waals surface area contributed by atoms with Gasteiger partial charge in [0.15, 0.2) is 0 Å². The number of allylic oxidation sites excluding steroid dienone is 6. The fourth-order valence-electron chi connectivity index (χ4n) is 1.46. The normalized spacial score (nSPS) is 14.0. The standard InChI is InChI=1S/C16H26O/c1-6-14(2)9-7-10-15(3)11-8-12-16(4)13-17-5/h6,9-10,12H,1,7-8,11,13H2,2-5H3. The summed E-state index contributed by atoms with van der Waals surface area (Å²) >= 11 is 0. The molecule has 96 valence electrons. The molecule has 0 radical (unpaired) electrons. The van der Waals surface area contributed by atoms with E-state index in [9.17, 15) is 0 Å². The lowest BCUT2D eigenvalue weighted by Gasteiger charge is -2.00. The Labute approximate surface area is 107 Å². The van der Waals surface area contributed by atoms with Gasteiger partial charge in [0, 0.05) is 7.11 Å². The third kappa shape index (κ3) is 9.83. The van der Waals surface area contributed by atoms with Gasteiger partial charge < -0.3 is 4.74 Å². The fraction of sp³-hybridized carbons (Fsp3) is 0.500. The third-order valence-electron chi connectivity index (χ3n) is 2.63. The van der Waals surface area contributed by atoms with Gasteiger partial charge in [0.2, 0.25) is 0 Å². The van der Waals surface area contributed by atoms with E-state index >= 15 is 0 Å². The Morgan fingerprint density at radius 2 is 1.76 bits per heavy atom. The van der Waals surface area contributed by atoms with Crippen LogP contribution in [0.2, 0.25) is 0 Å². The average Bonchev–Trinajstić information content (AvgIpc) is 2.29. The molecule has 0 aliphatic rings. The van der Waals surface area contributed by atoms with Crippen LogP contribution in [0.3, 0.4) is 0 Å². The Morgan fingerprint density at radius 3 is 2.35 bits per heavy atom. The van der Waals surface area contributed by atoms with Crippen LogP contribution < -0.4 is 0 Å². The molecule has 0 amide bonds. The van der Waals surface area contributed by atoms with Gasteiger partial charge in [-0.25, -0.2) is 0 Å². The van der Waals surface area contributed by atoms with E-state index in [0.717, 1.165) is 25.9 Å². The van der Waals surface area contributed by atoms with Crippen molar-refractivity contribution in [2.45, 2.75) is 40.0 Å². The minimum absolute atomic E-state index is 0.740. The molecule has 0 saturated heterocycles. The molecule has 0 aromatic carbocycles. The lowest BCUT2D eigenvalue weighted by molar-refractivity contribution is 0.225. The Kier molecular flexibility index (Phi) is 9.46. The highest BCUT2D eigenvalue weighted by Crippen LogP contribution is 2.09. The zero-order valence-electron chi connectivity index (χ0n) is 11.8. The number of hydrogen-bond donors (Lipinski definition) is 0. The summed E-state index contributed by atoms with van der Waals surface area (Å²) in [4.78, 5) is 0. The number of rotatable bonds is 8. The van der Waals surface area contributed by atoms with E-state index in [1.807, 2.05) is 6.08 Å². The summed E-state index contributed by atoms with van der Waals surface area (Å²) < 4.78 is 5.06. The van der Waals surface area contributed by atoms with Crippen LogP contribution in [0.5, 0.6) is 0 Å². The van der Waals surface area contributed by atoms with Crippen LogP contribution in [0.25, 0.3) is 0 Å². The zero-order valence-corrected chi connectivity index (χ0v) is 11.8. The fourth-order valence-corrected chi connectivity index (χ4v) is 1.46. The lowest BCUT2D eigenvalue weighted by Crippen LogP contribution is -1.89. The van der Waals surface area contributed by atoms with Crippen LogP contribution in [0, 0.1) is 0 Å². The van der Waals surface area contributed by atoms with Crippen LogP contribution in [0.15, 0.2) is 47.6 Å². The molecule has 0 rings (SSSR count). The molecule has 0 atom stereocenters. The summed E-state index contributed by atoms with van der Waals surface area (Å²) in [6, 6.07) is 0. The van der Waals surface area contributed by atoms with Crippen LogP contribution in [0.1, 0.15) is 40.0 Å². The maximum atomic E-state index is 5.06. The van der Waals surface area contributed by atoms with Crippen molar-refractivity contribution < 1.29 is 4.74 Å². The molecule has 0 spiro atoms. The molecule has 0 aromatic rings. The van der Waals surface area contributed by atoms with E-state index < -0.39 is 0 Å². The van der Waals surface area contributed by atoms with Crippen molar-refractivity contribution in [3.8, 4) is 0 Å². The van der Waals surface area contributed by atoms with Gasteiger partial charge in [-0.2, -0.15) is 0 Å². The van der Waals surface area contributed by atoms with E-state index in [-0.39, 0.29) is 0 Å². The van der Waals surface area contributed by atoms with Crippen LogP contribution in [0.4, 0.5) is 0 Å². The molecule has 0 fully saturated rings. The van der Waals surface area contributed by atoms with Gasteiger partial charge in [-0.15, -0.1) is 0 Å². The lowest BCUT2D eigenvalue weighted by atomic mass is 10.1. The molecule has 0 N–H and O–H groups in total. The average molecular weight is 234 g/mol.